The maximum atomic E-state index is 11.0. The number of hydrogen-bond acceptors (Lipinski definition) is 2. The second-order valence-corrected chi connectivity index (χ2v) is 3.83. The highest BCUT2D eigenvalue weighted by Crippen LogP contribution is 2.35. The zero-order valence-electron chi connectivity index (χ0n) is 8.32. The lowest BCUT2D eigenvalue weighted by Crippen LogP contribution is -2.19. The monoisotopic (exact) mass is 191 g/mol. The Morgan fingerprint density at radius 3 is 2.93 bits per heavy atom. The molecule has 0 fully saturated rings. The molecule has 0 radical (unpaired) electrons. The Morgan fingerprint density at radius 2 is 2.29 bits per heavy atom. The molecule has 0 spiro atoms. The second kappa shape index (κ2) is 3.01. The molecule has 1 heterocycles. The number of carbonyl (C=O) groups is 1. The number of anilines is 1. The number of nitrogens with zero attached hydrogens (tertiary/aromatic N) is 1. The Balaban J connectivity index is 2.51. The summed E-state index contributed by atoms with van der Waals surface area (Å²) in [6.45, 7) is 2.56. The van der Waals surface area contributed by atoms with Gasteiger partial charge in [-0.25, -0.2) is 0 Å². The molecule has 3 nitrogen and oxygen atoms in total. The molecule has 1 unspecified atom stereocenters. The first kappa shape index (κ1) is 9.06. The first-order valence-corrected chi connectivity index (χ1v) is 4.64. The number of hydrogen-bond donors (Lipinski definition) is 1. The van der Waals surface area contributed by atoms with Crippen LogP contribution in [0.15, 0.2) is 18.2 Å². The van der Waals surface area contributed by atoms with Crippen molar-refractivity contribution < 1.29 is 9.90 Å². The molecule has 1 aromatic carbocycles. The zero-order chi connectivity index (χ0) is 10.3. The summed E-state index contributed by atoms with van der Waals surface area (Å²) in [4.78, 5) is 13.0. The Labute approximate surface area is 83.0 Å². The second-order valence-electron chi connectivity index (χ2n) is 3.83. The standard InChI is InChI=1S/C11H13NO2/c1-7-3-4-10-8(5-7)9(11(13)14)6-12(10)2/h3-5,9H,6H2,1-2H3,(H,13,14). The lowest BCUT2D eigenvalue weighted by Gasteiger charge is -2.11. The minimum absolute atomic E-state index is 0.366. The summed E-state index contributed by atoms with van der Waals surface area (Å²) in [5, 5.41) is 9.04. The molecule has 0 saturated carbocycles. The Bertz CT molecular complexity index is 387. The third kappa shape index (κ3) is 1.25. The first-order valence-electron chi connectivity index (χ1n) is 4.64. The van der Waals surface area contributed by atoms with Crippen LogP contribution in [-0.4, -0.2) is 24.7 Å². The average Bonchev–Trinajstić information content (AvgIpc) is 2.43. The van der Waals surface area contributed by atoms with Crippen molar-refractivity contribution in [3.63, 3.8) is 0 Å². The molecule has 3 heteroatoms. The van der Waals surface area contributed by atoms with Gasteiger partial charge in [0.15, 0.2) is 0 Å². The molecule has 1 aromatic rings. The van der Waals surface area contributed by atoms with E-state index in [1.165, 1.54) is 0 Å². The van der Waals surface area contributed by atoms with Crippen LogP contribution in [0.25, 0.3) is 0 Å². The van der Waals surface area contributed by atoms with Crippen molar-refractivity contribution in [2.45, 2.75) is 12.8 Å². The minimum Gasteiger partial charge on any atom is -0.481 e. The molecule has 0 aliphatic carbocycles. The first-order chi connectivity index (χ1) is 6.59. The van der Waals surface area contributed by atoms with Crippen molar-refractivity contribution in [1.82, 2.24) is 0 Å². The van der Waals surface area contributed by atoms with Crippen LogP contribution in [0.1, 0.15) is 17.0 Å². The van der Waals surface area contributed by atoms with E-state index in [2.05, 4.69) is 0 Å². The van der Waals surface area contributed by atoms with Gasteiger partial charge in [0.05, 0.1) is 0 Å². The van der Waals surface area contributed by atoms with Crippen LogP contribution in [0.4, 0.5) is 5.69 Å². The fourth-order valence-electron chi connectivity index (χ4n) is 1.98. The maximum Gasteiger partial charge on any atom is 0.312 e. The molecular weight excluding hydrogens is 178 g/mol. The highest BCUT2D eigenvalue weighted by atomic mass is 16.4. The van der Waals surface area contributed by atoms with E-state index < -0.39 is 5.97 Å². The van der Waals surface area contributed by atoms with Crippen LogP contribution in [-0.2, 0) is 4.79 Å². The topological polar surface area (TPSA) is 40.5 Å². The molecule has 1 aliphatic rings. The minimum atomic E-state index is -0.735. The van der Waals surface area contributed by atoms with E-state index in [4.69, 9.17) is 5.11 Å². The zero-order valence-corrected chi connectivity index (χ0v) is 8.32. The summed E-state index contributed by atoms with van der Waals surface area (Å²) >= 11 is 0. The van der Waals surface area contributed by atoms with Gasteiger partial charge in [-0.05, 0) is 18.6 Å². The van der Waals surface area contributed by atoms with Gasteiger partial charge in [0, 0.05) is 19.3 Å². The highest BCUT2D eigenvalue weighted by molar-refractivity contribution is 5.83. The Morgan fingerprint density at radius 1 is 1.57 bits per heavy atom. The molecule has 2 rings (SSSR count). The molecule has 14 heavy (non-hydrogen) atoms. The fourth-order valence-corrected chi connectivity index (χ4v) is 1.98. The molecule has 0 amide bonds. The van der Waals surface area contributed by atoms with Crippen LogP contribution >= 0.6 is 0 Å². The predicted molar refractivity (Wildman–Crippen MR) is 54.8 cm³/mol. The molecule has 1 N–H and O–H groups in total. The van der Waals surface area contributed by atoms with E-state index in [1.54, 1.807) is 0 Å². The van der Waals surface area contributed by atoms with E-state index in [1.807, 2.05) is 37.1 Å². The quantitative estimate of drug-likeness (QED) is 0.733. The van der Waals surface area contributed by atoms with Gasteiger partial charge < -0.3 is 10.0 Å². The van der Waals surface area contributed by atoms with Gasteiger partial charge in [-0.1, -0.05) is 17.7 Å². The third-order valence-electron chi connectivity index (χ3n) is 2.72. The summed E-state index contributed by atoms with van der Waals surface area (Å²) < 4.78 is 0. The number of rotatable bonds is 1. The van der Waals surface area contributed by atoms with Gasteiger partial charge in [0.2, 0.25) is 0 Å². The summed E-state index contributed by atoms with van der Waals surface area (Å²) in [5.41, 5.74) is 3.10. The van der Waals surface area contributed by atoms with Gasteiger partial charge in [0.1, 0.15) is 5.92 Å². The smallest absolute Gasteiger partial charge is 0.312 e. The summed E-state index contributed by atoms with van der Waals surface area (Å²) in [6.07, 6.45) is 0. The highest BCUT2D eigenvalue weighted by Gasteiger charge is 2.31. The number of carboxylic acids is 1. The van der Waals surface area contributed by atoms with Gasteiger partial charge in [-0.2, -0.15) is 0 Å². The predicted octanol–water partition coefficient (Wildman–Crippen LogP) is 1.61. The van der Waals surface area contributed by atoms with E-state index in [9.17, 15) is 4.79 Å². The van der Waals surface area contributed by atoms with Crippen molar-refractivity contribution in [3.8, 4) is 0 Å². The van der Waals surface area contributed by atoms with Crippen molar-refractivity contribution in [2.24, 2.45) is 0 Å². The van der Waals surface area contributed by atoms with Crippen molar-refractivity contribution in [3.05, 3.63) is 29.3 Å². The van der Waals surface area contributed by atoms with E-state index in [0.717, 1.165) is 16.8 Å². The normalized spacial score (nSPS) is 19.6. The van der Waals surface area contributed by atoms with Gasteiger partial charge in [0.25, 0.3) is 0 Å². The third-order valence-corrected chi connectivity index (χ3v) is 2.72. The maximum absolute atomic E-state index is 11.0. The molecule has 0 saturated heterocycles. The summed E-state index contributed by atoms with van der Waals surface area (Å²) in [5.74, 6) is -1.10. The largest absolute Gasteiger partial charge is 0.481 e. The Kier molecular flexibility index (Phi) is 1.95. The van der Waals surface area contributed by atoms with E-state index >= 15 is 0 Å². The van der Waals surface area contributed by atoms with Crippen molar-refractivity contribution in [1.29, 1.82) is 0 Å². The molecule has 74 valence electrons. The fraction of sp³-hybridized carbons (Fsp3) is 0.364. The Hall–Kier alpha value is -1.51. The molecular formula is C11H13NO2. The van der Waals surface area contributed by atoms with Crippen LogP contribution in [0.2, 0.25) is 0 Å². The van der Waals surface area contributed by atoms with Gasteiger partial charge in [-0.15, -0.1) is 0 Å². The number of aryl methyl sites for hydroxylation is 1. The van der Waals surface area contributed by atoms with Crippen LogP contribution in [0, 0.1) is 6.92 Å². The SMILES string of the molecule is Cc1ccc2c(c1)C(C(=O)O)CN2C. The number of carboxylic acid groups (broad SMARTS) is 1. The number of likely N-dealkylation sites (N-methyl/N-ethyl adjacent to an activating group) is 1. The molecule has 1 atom stereocenters. The lowest BCUT2D eigenvalue weighted by atomic mass is 10.00. The van der Waals surface area contributed by atoms with E-state index in [-0.39, 0.29) is 5.92 Å². The molecule has 1 aliphatic heterocycles. The van der Waals surface area contributed by atoms with Crippen LogP contribution < -0.4 is 4.90 Å². The van der Waals surface area contributed by atoms with Crippen LogP contribution in [0.3, 0.4) is 0 Å². The number of aliphatic carboxylic acids is 1. The van der Waals surface area contributed by atoms with Gasteiger partial charge >= 0.3 is 5.97 Å². The molecule has 0 aromatic heterocycles. The van der Waals surface area contributed by atoms with Gasteiger partial charge in [-0.3, -0.25) is 4.79 Å². The van der Waals surface area contributed by atoms with Crippen molar-refractivity contribution in [2.75, 3.05) is 18.5 Å². The molecule has 0 bridgehead atoms. The average molecular weight is 191 g/mol. The van der Waals surface area contributed by atoms with E-state index in [0.29, 0.717) is 6.54 Å². The van der Waals surface area contributed by atoms with Crippen molar-refractivity contribution >= 4 is 11.7 Å². The van der Waals surface area contributed by atoms with Crippen LogP contribution in [0.5, 0.6) is 0 Å². The number of benzene rings is 1. The lowest BCUT2D eigenvalue weighted by molar-refractivity contribution is -0.138. The summed E-state index contributed by atoms with van der Waals surface area (Å²) in [7, 11) is 1.93. The number of fused-ring (bicyclic) bond motifs is 1. The summed E-state index contributed by atoms with van der Waals surface area (Å²) in [6, 6.07) is 5.98.